The summed E-state index contributed by atoms with van der Waals surface area (Å²) in [5.41, 5.74) is 0.279. The highest BCUT2D eigenvalue weighted by molar-refractivity contribution is 9.13. The molecule has 6 atom stereocenters. The Kier molecular flexibility index (Phi) is 4.88. The molecule has 0 N–H and O–H groups in total. The Balaban J connectivity index is 1.73. The van der Waals surface area contributed by atoms with E-state index >= 15 is 0 Å². The molecule has 3 amide bonds. The summed E-state index contributed by atoms with van der Waals surface area (Å²) >= 11 is 17.4. The summed E-state index contributed by atoms with van der Waals surface area (Å²) in [4.78, 5) is 40.1. The first-order valence-electron chi connectivity index (χ1n) is 7.59. The number of rotatable bonds is 1. The van der Waals surface area contributed by atoms with Crippen LogP contribution in [0, 0.1) is 23.7 Å². The van der Waals surface area contributed by atoms with Gasteiger partial charge in [0.05, 0.1) is 17.4 Å². The molecule has 25 heavy (non-hydrogen) atoms. The maximum atomic E-state index is 13.0. The van der Waals surface area contributed by atoms with Crippen molar-refractivity contribution in [2.45, 2.75) is 16.1 Å². The largest absolute Gasteiger partial charge is 0.274 e. The Bertz CT molecular complexity index is 796. The summed E-state index contributed by atoms with van der Waals surface area (Å²) in [7, 11) is 0. The summed E-state index contributed by atoms with van der Waals surface area (Å²) in [6.07, 6.45) is 0.840. The second-order valence-corrected chi connectivity index (χ2v) is 11.2. The van der Waals surface area contributed by atoms with Gasteiger partial charge in [-0.2, -0.15) is 0 Å². The van der Waals surface area contributed by atoms with Crippen molar-refractivity contribution in [3.63, 3.8) is 0 Å². The van der Waals surface area contributed by atoms with Gasteiger partial charge in [0.2, 0.25) is 11.8 Å². The van der Waals surface area contributed by atoms with E-state index in [0.29, 0.717) is 13.4 Å². The van der Waals surface area contributed by atoms with Crippen LogP contribution in [-0.2, 0) is 9.59 Å². The highest BCUT2D eigenvalue weighted by Crippen LogP contribution is 2.60. The third-order valence-corrected chi connectivity index (χ3v) is 11.1. The first kappa shape index (κ1) is 18.8. The summed E-state index contributed by atoms with van der Waals surface area (Å²) in [5, 5.41) is 0. The van der Waals surface area contributed by atoms with Crippen LogP contribution in [0.2, 0.25) is 0 Å². The van der Waals surface area contributed by atoms with E-state index in [1.807, 2.05) is 0 Å². The number of carbonyl (C=O) groups excluding carboxylic acids is 3. The zero-order valence-corrected chi connectivity index (χ0v) is 20.3. The third-order valence-electron chi connectivity index (χ3n) is 5.41. The van der Waals surface area contributed by atoms with Gasteiger partial charge in [-0.3, -0.25) is 14.4 Å². The van der Waals surface area contributed by atoms with Gasteiger partial charge < -0.3 is 0 Å². The van der Waals surface area contributed by atoms with Gasteiger partial charge in [-0.25, -0.2) is 4.90 Å². The predicted octanol–water partition coefficient (Wildman–Crippen LogP) is 4.89. The topological polar surface area (TPSA) is 54.5 Å². The molecule has 0 spiro atoms. The summed E-state index contributed by atoms with van der Waals surface area (Å²) in [5.74, 6) is -1.91. The maximum Gasteiger partial charge on any atom is 0.268 e. The van der Waals surface area contributed by atoms with Crippen LogP contribution in [0.3, 0.4) is 0 Å². The number of nitrogens with zero attached hydrogens (tertiary/aromatic N) is 1. The number of carbonyl (C=O) groups is 3. The quantitative estimate of drug-likeness (QED) is 0.245. The Labute approximate surface area is 186 Å². The van der Waals surface area contributed by atoms with Gasteiger partial charge in [0.15, 0.2) is 0 Å². The number of likely N-dealkylation sites (tertiary alicyclic amines) is 1. The fraction of sp³-hybridized carbons (Fsp3) is 0.438. The fourth-order valence-electron chi connectivity index (χ4n) is 4.38. The molecule has 3 fully saturated rings. The third kappa shape index (κ3) is 2.62. The van der Waals surface area contributed by atoms with Crippen molar-refractivity contribution >= 4 is 97.4 Å². The van der Waals surface area contributed by atoms with E-state index in [1.54, 1.807) is 12.1 Å². The minimum Gasteiger partial charge on any atom is -0.274 e. The van der Waals surface area contributed by atoms with Gasteiger partial charge in [-0.1, -0.05) is 47.8 Å². The first-order chi connectivity index (χ1) is 11.7. The van der Waals surface area contributed by atoms with E-state index < -0.39 is 17.7 Å². The zero-order valence-electron chi connectivity index (χ0n) is 12.4. The highest BCUT2D eigenvalue weighted by atomic mass is 79.9. The predicted molar refractivity (Wildman–Crippen MR) is 110 cm³/mol. The van der Waals surface area contributed by atoms with Crippen molar-refractivity contribution < 1.29 is 14.4 Å². The number of hydrogen-bond acceptors (Lipinski definition) is 3. The molecule has 2 saturated carbocycles. The van der Waals surface area contributed by atoms with Crippen LogP contribution in [0.15, 0.2) is 25.6 Å². The molecule has 9 heteroatoms. The lowest BCUT2D eigenvalue weighted by Gasteiger charge is -2.28. The van der Waals surface area contributed by atoms with Gasteiger partial charge in [0, 0.05) is 23.1 Å². The lowest BCUT2D eigenvalue weighted by Crippen LogP contribution is -2.38. The Hall–Kier alpha value is 0.430. The summed E-state index contributed by atoms with van der Waals surface area (Å²) in [6.45, 7) is 0. The second kappa shape index (κ2) is 6.50. The van der Waals surface area contributed by atoms with Gasteiger partial charge in [-0.15, -0.1) is 0 Å². The Morgan fingerprint density at radius 1 is 0.960 bits per heavy atom. The lowest BCUT2D eigenvalue weighted by atomic mass is 9.81. The van der Waals surface area contributed by atoms with Crippen LogP contribution in [0.5, 0.6) is 0 Å². The maximum absolute atomic E-state index is 13.0. The van der Waals surface area contributed by atoms with E-state index in [2.05, 4.69) is 79.6 Å². The number of benzene rings is 1. The van der Waals surface area contributed by atoms with Crippen LogP contribution in [0.4, 0.5) is 0 Å². The average Bonchev–Trinajstić information content (AvgIpc) is 3.15. The average molecular weight is 664 g/mol. The minimum atomic E-state index is -0.574. The van der Waals surface area contributed by atoms with Crippen LogP contribution < -0.4 is 0 Å². The Morgan fingerprint density at radius 2 is 1.48 bits per heavy atom. The van der Waals surface area contributed by atoms with Crippen molar-refractivity contribution in [1.82, 2.24) is 4.90 Å². The van der Waals surface area contributed by atoms with E-state index in [1.165, 1.54) is 0 Å². The molecule has 0 radical (unpaired) electrons. The minimum absolute atomic E-state index is 0.0892. The van der Waals surface area contributed by atoms with Crippen molar-refractivity contribution in [3.05, 3.63) is 31.1 Å². The molecule has 1 aromatic rings. The number of halogens is 5. The molecule has 0 aromatic heterocycles. The van der Waals surface area contributed by atoms with Crippen LogP contribution in [0.1, 0.15) is 16.8 Å². The number of alkyl halides is 2. The first-order valence-corrected chi connectivity index (χ1v) is 11.8. The monoisotopic (exact) mass is 659 g/mol. The molecule has 3 aliphatic rings. The molecule has 1 heterocycles. The molecule has 2 bridgehead atoms. The number of fused-ring (bicyclic) bond motifs is 5. The molecule has 6 unspecified atom stereocenters. The molecule has 2 aliphatic carbocycles. The van der Waals surface area contributed by atoms with E-state index in [-0.39, 0.29) is 38.9 Å². The molecule has 132 valence electrons. The van der Waals surface area contributed by atoms with Gasteiger partial charge >= 0.3 is 0 Å². The van der Waals surface area contributed by atoms with Crippen LogP contribution in [-0.4, -0.2) is 32.3 Å². The standard InChI is InChI=1S/C16H10Br5NO3/c17-4-1-7(11(19)8(18)2-4)14(23)22-15(24)9-5-3-6(10(9)16(22)25)13(21)12(5)20/h1-2,5-6,9-10,12-13H,3H2. The van der Waals surface area contributed by atoms with E-state index in [0.717, 1.165) is 11.3 Å². The van der Waals surface area contributed by atoms with E-state index in [4.69, 9.17) is 0 Å². The molecule has 1 aromatic carbocycles. The Morgan fingerprint density at radius 3 is 2.00 bits per heavy atom. The highest BCUT2D eigenvalue weighted by Gasteiger charge is 2.67. The van der Waals surface area contributed by atoms with Gasteiger partial charge in [0.25, 0.3) is 5.91 Å². The number of amides is 3. The number of hydrogen-bond donors (Lipinski definition) is 0. The lowest BCUT2D eigenvalue weighted by molar-refractivity contribution is -0.137. The normalized spacial score (nSPS) is 36.3. The second-order valence-electron chi connectivity index (χ2n) is 6.57. The summed E-state index contributed by atoms with van der Waals surface area (Å²) in [6, 6.07) is 3.40. The zero-order chi connectivity index (χ0) is 18.2. The molecule has 4 nitrogen and oxygen atoms in total. The molecular weight excluding hydrogens is 654 g/mol. The fourth-order valence-corrected chi connectivity index (χ4v) is 7.88. The van der Waals surface area contributed by atoms with Gasteiger partial charge in [-0.05, 0) is 62.2 Å². The van der Waals surface area contributed by atoms with Crippen molar-refractivity contribution in [1.29, 1.82) is 0 Å². The van der Waals surface area contributed by atoms with E-state index in [9.17, 15) is 14.4 Å². The molecule has 1 aliphatic heterocycles. The van der Waals surface area contributed by atoms with Crippen LogP contribution in [0.25, 0.3) is 0 Å². The smallest absolute Gasteiger partial charge is 0.268 e. The molecule has 1 saturated heterocycles. The van der Waals surface area contributed by atoms with Crippen LogP contribution >= 0.6 is 79.6 Å². The summed E-state index contributed by atoms with van der Waals surface area (Å²) < 4.78 is 1.88. The van der Waals surface area contributed by atoms with Crippen molar-refractivity contribution in [2.24, 2.45) is 23.7 Å². The SMILES string of the molecule is O=C(c1cc(Br)cc(Br)c1Br)N1C(=O)C2C3CC(C(Br)C3Br)C2C1=O. The van der Waals surface area contributed by atoms with Crippen molar-refractivity contribution in [2.75, 3.05) is 0 Å². The van der Waals surface area contributed by atoms with Crippen molar-refractivity contribution in [3.8, 4) is 0 Å². The van der Waals surface area contributed by atoms with Gasteiger partial charge in [0.1, 0.15) is 0 Å². The molecular formula is C16H10Br5NO3. The molecule has 4 rings (SSSR count). The number of imide groups is 3.